The summed E-state index contributed by atoms with van der Waals surface area (Å²) in [5.41, 5.74) is 17.5. The number of hydrogen-bond acceptors (Lipinski definition) is 8. The Morgan fingerprint density at radius 1 is 0.231 bits per heavy atom. The number of rotatable bonds is 6. The number of fused-ring (bicyclic) bond motifs is 30. The van der Waals surface area contributed by atoms with E-state index >= 15 is 0 Å². The average Bonchev–Trinajstić information content (AvgIpc) is 1.62. The number of nitrogens with zero attached hydrogens (tertiary/aromatic N) is 16. The van der Waals surface area contributed by atoms with E-state index in [2.05, 4.69) is 281 Å². The number of hydrogen-bond donors (Lipinski definition) is 2. The fourth-order valence-corrected chi connectivity index (χ4v) is 17.0. The first kappa shape index (κ1) is 82.2. The van der Waals surface area contributed by atoms with Crippen molar-refractivity contribution in [3.63, 3.8) is 0 Å². The van der Waals surface area contributed by atoms with E-state index in [1.807, 2.05) is 134 Å². The molecular formula is C100H88CoCuN16O2Pt. The number of imidazole rings is 6. The van der Waals surface area contributed by atoms with E-state index in [1.54, 1.807) is 0 Å². The minimum Gasteiger partial charge on any atom is -0.659 e. The van der Waals surface area contributed by atoms with Crippen molar-refractivity contribution >= 4 is 0 Å². The van der Waals surface area contributed by atoms with Gasteiger partial charge in [-0.15, -0.1) is 45.6 Å². The van der Waals surface area contributed by atoms with Gasteiger partial charge in [-0.25, -0.2) is 29.9 Å². The van der Waals surface area contributed by atoms with E-state index in [1.165, 1.54) is 0 Å². The maximum absolute atomic E-state index is 11.9. The number of aromatic hydroxyl groups is 2. The maximum Gasteiger partial charge on any atom is 2.00 e. The van der Waals surface area contributed by atoms with Gasteiger partial charge in [0.25, 0.3) is 0 Å². The number of aromatic nitrogens is 16. The Labute approximate surface area is 739 Å². The molecule has 2 radical (unpaired) electrons. The summed E-state index contributed by atoms with van der Waals surface area (Å²) in [6, 6.07) is 89.8. The first-order valence-corrected chi connectivity index (χ1v) is 40.0. The second-order valence-corrected chi connectivity index (χ2v) is 33.9. The summed E-state index contributed by atoms with van der Waals surface area (Å²) in [5, 5.41) is 23.8. The molecular weight excluding hydrogens is 1770 g/mol. The van der Waals surface area contributed by atoms with Crippen LogP contribution in [-0.2, 0) is 87.4 Å². The SMILES string of the molecule is CC1(C)c2ccc([n-]2)-c2cn(-c3ccccc3)c(n2)C(C)(C)c2ccc([n-]2)-c2cn(-c3ccccc3)c1n2.CC1(C)c2ccc([n-]2)-c2cn(-c3ccccc3)c(n2)C(C)(C)c2ccc([n-]2)-c2cn(-c3ccccc3)c1n2.CC1(C)c2cccc(c2O)-c2cn(-c3ccccc3)c(n2)C(C)(C)c2cccc(c2O)-c2cn(-c3ccccc3)c1n2.[Co+2].[Cu+2].[Pt]. The van der Waals surface area contributed by atoms with Crippen LogP contribution >= 0.6 is 0 Å². The van der Waals surface area contributed by atoms with Crippen molar-refractivity contribution in [2.75, 3.05) is 0 Å². The topological polar surface area (TPSA) is 204 Å². The monoisotopic (exact) mass is 1860 g/mol. The fourth-order valence-electron chi connectivity index (χ4n) is 17.0. The molecule has 0 unspecified atom stereocenters. The zero-order chi connectivity index (χ0) is 81.4. The molecule has 0 saturated carbocycles. The first-order valence-electron chi connectivity index (χ1n) is 40.0. The molecule has 0 fully saturated rings. The molecule has 18 aromatic rings. The van der Waals surface area contributed by atoms with Crippen molar-refractivity contribution in [1.82, 2.24) is 77.2 Å². The summed E-state index contributed by atoms with van der Waals surface area (Å²) >= 11 is 0. The van der Waals surface area contributed by atoms with Gasteiger partial charge in [0.05, 0.1) is 45.0 Å². The quantitative estimate of drug-likeness (QED) is 0.149. The largest absolute Gasteiger partial charge is 2.00 e. The smallest absolute Gasteiger partial charge is 0.659 e. The van der Waals surface area contributed by atoms with Gasteiger partial charge < -0.3 is 57.6 Å². The fraction of sp³-hybridized carbons (Fsp3) is 0.180. The van der Waals surface area contributed by atoms with Gasteiger partial charge in [-0.2, -0.15) is 0 Å². The van der Waals surface area contributed by atoms with Crippen LogP contribution in [0.25, 0.3) is 102 Å². The van der Waals surface area contributed by atoms with E-state index in [-0.39, 0.29) is 66.4 Å². The molecule has 3 aliphatic rings. The van der Waals surface area contributed by atoms with Gasteiger partial charge in [-0.3, -0.25) is 0 Å². The summed E-state index contributed by atoms with van der Waals surface area (Å²) in [6.45, 7) is 25.7. The Morgan fingerprint density at radius 3 is 0.636 bits per heavy atom. The van der Waals surface area contributed by atoms with Gasteiger partial charge in [0.15, 0.2) is 0 Å². The molecule has 3 aliphatic heterocycles. The average molecular weight is 1860 g/mol. The van der Waals surface area contributed by atoms with Crippen molar-refractivity contribution in [2.24, 2.45) is 0 Å². The molecule has 21 heteroatoms. The third kappa shape index (κ3) is 14.1. The predicted octanol–water partition coefficient (Wildman–Crippen LogP) is 20.3. The van der Waals surface area contributed by atoms with Gasteiger partial charge in [0, 0.05) is 136 Å². The normalized spacial score (nSPS) is 14.7. The molecule has 0 spiro atoms. The zero-order valence-electron chi connectivity index (χ0n) is 68.9. The van der Waals surface area contributed by atoms with Gasteiger partial charge >= 0.3 is 33.8 Å². The third-order valence-corrected chi connectivity index (χ3v) is 23.9. The Kier molecular flexibility index (Phi) is 21.2. The number of para-hydroxylation sites is 8. The van der Waals surface area contributed by atoms with E-state index in [0.717, 1.165) is 149 Å². The number of phenols is 2. The summed E-state index contributed by atoms with van der Waals surface area (Å²) in [6.07, 6.45) is 12.3. The van der Waals surface area contributed by atoms with Gasteiger partial charge in [0.2, 0.25) is 0 Å². The van der Waals surface area contributed by atoms with Crippen molar-refractivity contribution in [3.05, 3.63) is 373 Å². The van der Waals surface area contributed by atoms with Crippen LogP contribution in [0.5, 0.6) is 11.5 Å². The van der Waals surface area contributed by atoms with E-state index in [9.17, 15) is 10.2 Å². The second kappa shape index (κ2) is 31.2. The van der Waals surface area contributed by atoms with E-state index < -0.39 is 32.5 Å². The van der Waals surface area contributed by atoms with Crippen LogP contribution in [0.1, 0.15) is 152 Å². The molecule has 13 heterocycles. The Hall–Kier alpha value is -12.5. The molecule has 8 aromatic carbocycles. The van der Waals surface area contributed by atoms with Crippen LogP contribution in [0.4, 0.5) is 0 Å². The minimum absolute atomic E-state index is 0. The summed E-state index contributed by atoms with van der Waals surface area (Å²) in [5.74, 6) is 5.50. The third-order valence-electron chi connectivity index (χ3n) is 23.9. The first-order chi connectivity index (χ1) is 56.8. The van der Waals surface area contributed by atoms with Crippen LogP contribution in [0.3, 0.4) is 0 Å². The molecule has 0 saturated heterocycles. The van der Waals surface area contributed by atoms with Crippen LogP contribution in [0.15, 0.2) is 304 Å². The summed E-state index contributed by atoms with van der Waals surface area (Å²) in [7, 11) is 0. The second-order valence-electron chi connectivity index (χ2n) is 33.9. The molecule has 18 nitrogen and oxygen atoms in total. The van der Waals surface area contributed by atoms with Crippen LogP contribution in [0.2, 0.25) is 0 Å². The van der Waals surface area contributed by atoms with Crippen LogP contribution in [-0.4, -0.2) is 67.5 Å². The molecule has 610 valence electrons. The van der Waals surface area contributed by atoms with Crippen molar-refractivity contribution in [3.8, 4) is 114 Å². The van der Waals surface area contributed by atoms with Gasteiger partial charge in [0.1, 0.15) is 46.4 Å². The molecule has 10 aromatic heterocycles. The van der Waals surface area contributed by atoms with Crippen LogP contribution < -0.4 is 19.9 Å². The van der Waals surface area contributed by atoms with Crippen molar-refractivity contribution in [1.29, 1.82) is 0 Å². The minimum atomic E-state index is -0.713. The van der Waals surface area contributed by atoms with Crippen molar-refractivity contribution < 1.29 is 65.1 Å². The maximum atomic E-state index is 11.9. The van der Waals surface area contributed by atoms with E-state index in [0.29, 0.717) is 22.5 Å². The standard InChI is InChI=1S/C36H32N4O2.2C32H28N6.Co.Cu.Pt/c1-35(2)27-19-11-17-25(31(27)41)30-22-40(24-15-9-6-10-16-24)34(38-30)36(3,4)28-20-12-18-26(32(28)42)29-21-39(33(35)37-29)23-13-7-5-8-14-23;2*1-31(2)27-17-15-23(33-27)26-20-38(22-13-9-6-10-14-22)30(36-26)32(3,4)28-18-16-24(34-28)25-19-37(29(31)35-25)21-11-7-5-8-12-21;;;/h5-22,41-42H,1-4H3;2*5-20H,1-4H3;;;/q;2*-2;2*+2;. The zero-order valence-corrected chi connectivity index (χ0v) is 73.1. The molecule has 24 bridgehead atoms. The van der Waals surface area contributed by atoms with Gasteiger partial charge in [-0.05, 0) is 113 Å². The Morgan fingerprint density at radius 2 is 0.421 bits per heavy atom. The van der Waals surface area contributed by atoms with Gasteiger partial charge in [-0.1, -0.05) is 237 Å². The Balaban J connectivity index is 0.000000133. The number of phenolic OH excluding ortho intramolecular Hbond substituents is 2. The predicted molar refractivity (Wildman–Crippen MR) is 463 cm³/mol. The molecule has 0 aliphatic carbocycles. The Bertz CT molecular complexity index is 6110. The molecule has 21 rings (SSSR count). The molecule has 121 heavy (non-hydrogen) atoms. The number of benzene rings is 8. The molecule has 0 amide bonds. The van der Waals surface area contributed by atoms with Crippen molar-refractivity contribution in [2.45, 2.75) is 116 Å². The summed E-state index contributed by atoms with van der Waals surface area (Å²) in [4.78, 5) is 51.5. The van der Waals surface area contributed by atoms with E-state index in [4.69, 9.17) is 49.8 Å². The summed E-state index contributed by atoms with van der Waals surface area (Å²) < 4.78 is 12.8. The molecule has 0 atom stereocenters. The van der Waals surface area contributed by atoms with Crippen LogP contribution in [0, 0.1) is 0 Å². The molecule has 2 N–H and O–H groups in total.